The quantitative estimate of drug-likeness (QED) is 0.590. The molecule has 0 bridgehead atoms. The third kappa shape index (κ3) is 4.38. The highest BCUT2D eigenvalue weighted by atomic mass is 32.1. The zero-order valence-electron chi connectivity index (χ0n) is 15.1. The minimum atomic E-state index is -0.0697. The second kappa shape index (κ2) is 8.27. The number of anilines is 2. The van der Waals surface area contributed by atoms with Crippen molar-refractivity contribution in [3.05, 3.63) is 47.0 Å². The molecule has 1 amide bonds. The summed E-state index contributed by atoms with van der Waals surface area (Å²) in [5.74, 6) is -0.121. The van der Waals surface area contributed by atoms with Crippen LogP contribution in [0.1, 0.15) is 42.2 Å². The van der Waals surface area contributed by atoms with Crippen LogP contribution in [0.15, 0.2) is 35.7 Å². The molecule has 1 aliphatic heterocycles. The van der Waals surface area contributed by atoms with Gasteiger partial charge >= 0.3 is 0 Å². The molecule has 2 heterocycles. The first-order valence-electron chi connectivity index (χ1n) is 8.82. The third-order valence-corrected chi connectivity index (χ3v) is 5.48. The number of nitrogens with zero attached hydrogens (tertiary/aromatic N) is 3. The van der Waals surface area contributed by atoms with Crippen molar-refractivity contribution < 1.29 is 9.59 Å². The number of benzene rings is 1. The Balaban J connectivity index is 1.64. The lowest BCUT2D eigenvalue weighted by atomic mass is 10.1. The van der Waals surface area contributed by atoms with E-state index in [1.165, 1.54) is 54.2 Å². The number of piperidine rings is 1. The Kier molecular flexibility index (Phi) is 5.83. The van der Waals surface area contributed by atoms with E-state index in [0.717, 1.165) is 13.1 Å². The molecule has 6 heteroatoms. The number of aromatic nitrogens is 1. The molecule has 1 aromatic heterocycles. The van der Waals surface area contributed by atoms with Crippen LogP contribution in [0.4, 0.5) is 10.8 Å². The Morgan fingerprint density at radius 3 is 2.50 bits per heavy atom. The smallest absolute Gasteiger partial charge is 0.225 e. The van der Waals surface area contributed by atoms with Crippen LogP contribution >= 0.6 is 11.3 Å². The maximum Gasteiger partial charge on any atom is 0.225 e. The fourth-order valence-corrected chi connectivity index (χ4v) is 3.69. The first-order chi connectivity index (χ1) is 12.5. The molecule has 1 fully saturated rings. The lowest BCUT2D eigenvalue weighted by Gasteiger charge is -2.28. The van der Waals surface area contributed by atoms with E-state index in [4.69, 9.17) is 0 Å². The number of amides is 1. The lowest BCUT2D eigenvalue weighted by molar-refractivity contribution is -0.116. The van der Waals surface area contributed by atoms with E-state index in [1.807, 2.05) is 29.6 Å². The fourth-order valence-electron chi connectivity index (χ4n) is 2.89. The van der Waals surface area contributed by atoms with Crippen LogP contribution in [0.25, 0.3) is 6.08 Å². The van der Waals surface area contributed by atoms with Crippen molar-refractivity contribution in [2.45, 2.75) is 26.2 Å². The van der Waals surface area contributed by atoms with Crippen molar-refractivity contribution in [1.82, 2.24) is 4.98 Å². The summed E-state index contributed by atoms with van der Waals surface area (Å²) < 4.78 is 0. The molecule has 0 unspecified atom stereocenters. The van der Waals surface area contributed by atoms with Crippen molar-refractivity contribution in [3.63, 3.8) is 0 Å². The van der Waals surface area contributed by atoms with Gasteiger partial charge in [0.2, 0.25) is 5.91 Å². The van der Waals surface area contributed by atoms with E-state index in [-0.39, 0.29) is 11.7 Å². The standard InChI is InChI=1S/C20H23N3O2S/c1-15(24)22(2)20-21-17(14-26-20)8-11-19(25)16-6-9-18(10-7-16)23-12-4-3-5-13-23/h6-11,14H,3-5,12-13H2,1-2H3/b11-8+. The van der Waals surface area contributed by atoms with Crippen LogP contribution in [0.2, 0.25) is 0 Å². The Hall–Kier alpha value is -2.47. The molecule has 0 atom stereocenters. The highest BCUT2D eigenvalue weighted by molar-refractivity contribution is 7.14. The molecule has 3 rings (SSSR count). The van der Waals surface area contributed by atoms with Gasteiger partial charge in [-0.1, -0.05) is 0 Å². The predicted octanol–water partition coefficient (Wildman–Crippen LogP) is 4.01. The maximum absolute atomic E-state index is 12.4. The van der Waals surface area contributed by atoms with Crippen molar-refractivity contribution in [2.75, 3.05) is 29.9 Å². The molecule has 0 radical (unpaired) electrons. The minimum absolute atomic E-state index is 0.0512. The number of carbonyl (C=O) groups is 2. The summed E-state index contributed by atoms with van der Waals surface area (Å²) in [7, 11) is 1.68. The van der Waals surface area contributed by atoms with Gasteiger partial charge in [-0.15, -0.1) is 11.3 Å². The molecule has 1 aromatic carbocycles. The van der Waals surface area contributed by atoms with Gasteiger partial charge in [0.15, 0.2) is 10.9 Å². The van der Waals surface area contributed by atoms with Crippen molar-refractivity contribution in [3.8, 4) is 0 Å². The lowest BCUT2D eigenvalue weighted by Crippen LogP contribution is -2.29. The molecule has 5 nitrogen and oxygen atoms in total. The van der Waals surface area contributed by atoms with E-state index < -0.39 is 0 Å². The summed E-state index contributed by atoms with van der Waals surface area (Å²) in [6, 6.07) is 7.81. The summed E-state index contributed by atoms with van der Waals surface area (Å²) in [4.78, 5) is 31.9. The van der Waals surface area contributed by atoms with Gasteiger partial charge < -0.3 is 4.90 Å². The Bertz CT molecular complexity index is 805. The van der Waals surface area contributed by atoms with Crippen molar-refractivity contribution in [2.24, 2.45) is 0 Å². The molecular formula is C20H23N3O2S. The SMILES string of the molecule is CC(=O)N(C)c1nc(/C=C/C(=O)c2ccc(N3CCCCC3)cc2)cs1. The van der Waals surface area contributed by atoms with Gasteiger partial charge in [0, 0.05) is 43.7 Å². The first-order valence-corrected chi connectivity index (χ1v) is 9.70. The summed E-state index contributed by atoms with van der Waals surface area (Å²) in [5.41, 5.74) is 2.52. The number of allylic oxidation sites excluding steroid dienone is 1. The van der Waals surface area contributed by atoms with E-state index in [0.29, 0.717) is 16.4 Å². The number of rotatable bonds is 5. The van der Waals surface area contributed by atoms with E-state index in [1.54, 1.807) is 13.1 Å². The molecule has 2 aromatic rings. The third-order valence-electron chi connectivity index (χ3n) is 4.55. The Morgan fingerprint density at radius 1 is 1.15 bits per heavy atom. The molecule has 1 saturated heterocycles. The highest BCUT2D eigenvalue weighted by Crippen LogP contribution is 2.22. The zero-order chi connectivity index (χ0) is 18.5. The second-order valence-electron chi connectivity index (χ2n) is 6.43. The minimum Gasteiger partial charge on any atom is -0.372 e. The van der Waals surface area contributed by atoms with Gasteiger partial charge in [-0.05, 0) is 55.7 Å². The van der Waals surface area contributed by atoms with Crippen LogP contribution in [0.3, 0.4) is 0 Å². The van der Waals surface area contributed by atoms with Crippen molar-refractivity contribution in [1.29, 1.82) is 0 Å². The molecule has 26 heavy (non-hydrogen) atoms. The fraction of sp³-hybridized carbons (Fsp3) is 0.350. The normalized spacial score (nSPS) is 14.6. The Morgan fingerprint density at radius 2 is 1.85 bits per heavy atom. The molecule has 0 N–H and O–H groups in total. The van der Waals surface area contributed by atoms with Crippen LogP contribution < -0.4 is 9.80 Å². The van der Waals surface area contributed by atoms with Gasteiger partial charge in [0.25, 0.3) is 0 Å². The van der Waals surface area contributed by atoms with Gasteiger partial charge in [0.1, 0.15) is 0 Å². The molecule has 0 saturated carbocycles. The van der Waals surface area contributed by atoms with Crippen LogP contribution in [-0.4, -0.2) is 36.8 Å². The van der Waals surface area contributed by atoms with Crippen LogP contribution in [-0.2, 0) is 4.79 Å². The van der Waals surface area contributed by atoms with Gasteiger partial charge in [-0.25, -0.2) is 4.98 Å². The van der Waals surface area contributed by atoms with E-state index in [9.17, 15) is 9.59 Å². The zero-order valence-corrected chi connectivity index (χ0v) is 16.0. The van der Waals surface area contributed by atoms with Gasteiger partial charge in [-0.2, -0.15) is 0 Å². The predicted molar refractivity (Wildman–Crippen MR) is 107 cm³/mol. The highest BCUT2D eigenvalue weighted by Gasteiger charge is 2.12. The summed E-state index contributed by atoms with van der Waals surface area (Å²) in [6.07, 6.45) is 6.99. The van der Waals surface area contributed by atoms with Gasteiger partial charge in [-0.3, -0.25) is 14.5 Å². The topological polar surface area (TPSA) is 53.5 Å². The van der Waals surface area contributed by atoms with E-state index in [2.05, 4.69) is 9.88 Å². The van der Waals surface area contributed by atoms with Gasteiger partial charge in [0.05, 0.1) is 5.69 Å². The number of thiazole rings is 1. The molecule has 0 spiro atoms. The maximum atomic E-state index is 12.4. The summed E-state index contributed by atoms with van der Waals surface area (Å²) >= 11 is 1.38. The monoisotopic (exact) mass is 369 g/mol. The van der Waals surface area contributed by atoms with Crippen LogP contribution in [0.5, 0.6) is 0 Å². The molecule has 1 aliphatic rings. The molecule has 136 valence electrons. The average molecular weight is 369 g/mol. The van der Waals surface area contributed by atoms with Crippen molar-refractivity contribution >= 4 is 39.9 Å². The Labute approximate surface area is 158 Å². The van der Waals surface area contributed by atoms with E-state index >= 15 is 0 Å². The molecule has 0 aliphatic carbocycles. The number of carbonyl (C=O) groups excluding carboxylic acids is 2. The number of hydrogen-bond acceptors (Lipinski definition) is 5. The first kappa shape index (κ1) is 18.3. The summed E-state index contributed by atoms with van der Waals surface area (Å²) in [6.45, 7) is 3.68. The van der Waals surface area contributed by atoms with Crippen LogP contribution in [0, 0.1) is 0 Å². The summed E-state index contributed by atoms with van der Waals surface area (Å²) in [5, 5.41) is 2.45. The average Bonchev–Trinajstić information content (AvgIpc) is 3.15. The number of ketones is 1. The molecular weight excluding hydrogens is 346 g/mol. The largest absolute Gasteiger partial charge is 0.372 e. The number of hydrogen-bond donors (Lipinski definition) is 0. The second-order valence-corrected chi connectivity index (χ2v) is 7.26.